The molecule has 0 radical (unpaired) electrons. The number of rotatable bonds is 4. The number of nitrogens with one attached hydrogen (secondary N) is 2. The molecule has 148 valence electrons. The molecule has 0 spiro atoms. The first-order valence-electron chi connectivity index (χ1n) is 8.74. The second kappa shape index (κ2) is 8.61. The van der Waals surface area contributed by atoms with E-state index in [0.29, 0.717) is 16.7 Å². The van der Waals surface area contributed by atoms with Crippen LogP contribution >= 0.6 is 0 Å². The van der Waals surface area contributed by atoms with Gasteiger partial charge < -0.3 is 10.3 Å². The van der Waals surface area contributed by atoms with Crippen molar-refractivity contribution in [2.75, 3.05) is 6.54 Å². The lowest BCUT2D eigenvalue weighted by atomic mass is 10.1. The summed E-state index contributed by atoms with van der Waals surface area (Å²) in [5.74, 6) is 5.30. The zero-order valence-electron chi connectivity index (χ0n) is 15.1. The van der Waals surface area contributed by atoms with E-state index in [1.54, 1.807) is 24.3 Å². The number of benzene rings is 2. The molecular weight excluding hydrogens is 383 g/mol. The fraction of sp³-hybridized carbons (Fsp3) is 0.190. The van der Waals surface area contributed by atoms with Gasteiger partial charge in [-0.25, -0.2) is 4.98 Å². The largest absolute Gasteiger partial charge is 0.416 e. The molecule has 0 saturated carbocycles. The lowest BCUT2D eigenvalue weighted by Crippen LogP contribution is -2.24. The molecule has 0 aliphatic heterocycles. The number of alkyl halides is 3. The molecule has 3 aromatic rings. The maximum atomic E-state index is 12.7. The Bertz CT molecular complexity index is 1160. The number of aromatic nitrogens is 2. The number of nitrogens with zero attached hydrogens (tertiary/aromatic N) is 1. The number of amides is 1. The van der Waals surface area contributed by atoms with E-state index in [2.05, 4.69) is 27.1 Å². The van der Waals surface area contributed by atoms with Gasteiger partial charge in [0.1, 0.15) is 5.82 Å². The van der Waals surface area contributed by atoms with Gasteiger partial charge in [0.05, 0.1) is 23.0 Å². The van der Waals surface area contributed by atoms with Gasteiger partial charge in [0.2, 0.25) is 5.91 Å². The van der Waals surface area contributed by atoms with Crippen LogP contribution in [0.1, 0.15) is 23.4 Å². The average molecular weight is 399 g/mol. The minimum absolute atomic E-state index is 0.00323. The van der Waals surface area contributed by atoms with Crippen molar-refractivity contribution < 1.29 is 18.0 Å². The number of H-pyrrole nitrogens is 1. The molecule has 0 bridgehead atoms. The summed E-state index contributed by atoms with van der Waals surface area (Å²) in [7, 11) is 0. The molecule has 1 heterocycles. The molecule has 0 aliphatic carbocycles. The van der Waals surface area contributed by atoms with Crippen LogP contribution in [0.3, 0.4) is 0 Å². The molecule has 8 heteroatoms. The summed E-state index contributed by atoms with van der Waals surface area (Å²) in [4.78, 5) is 30.9. The van der Waals surface area contributed by atoms with Gasteiger partial charge in [0.25, 0.3) is 5.56 Å². The lowest BCUT2D eigenvalue weighted by Gasteiger charge is -2.05. The maximum Gasteiger partial charge on any atom is 0.416 e. The van der Waals surface area contributed by atoms with Crippen molar-refractivity contribution in [3.05, 3.63) is 75.8 Å². The highest BCUT2D eigenvalue weighted by molar-refractivity contribution is 5.78. The molecule has 1 amide bonds. The fourth-order valence-corrected chi connectivity index (χ4v) is 2.64. The van der Waals surface area contributed by atoms with E-state index in [1.165, 1.54) is 12.1 Å². The van der Waals surface area contributed by atoms with E-state index in [9.17, 15) is 22.8 Å². The summed E-state index contributed by atoms with van der Waals surface area (Å²) >= 11 is 0. The minimum Gasteiger partial charge on any atom is -0.345 e. The van der Waals surface area contributed by atoms with Crippen LogP contribution in [-0.2, 0) is 17.4 Å². The van der Waals surface area contributed by atoms with E-state index in [-0.39, 0.29) is 36.4 Å². The van der Waals surface area contributed by atoms with Crippen LogP contribution in [0.15, 0.2) is 53.3 Å². The normalized spacial score (nSPS) is 11.0. The fourth-order valence-electron chi connectivity index (χ4n) is 2.64. The number of aromatic amines is 1. The third kappa shape index (κ3) is 5.45. The van der Waals surface area contributed by atoms with Crippen molar-refractivity contribution in [2.45, 2.75) is 19.0 Å². The van der Waals surface area contributed by atoms with Crippen molar-refractivity contribution in [2.24, 2.45) is 0 Å². The van der Waals surface area contributed by atoms with Crippen LogP contribution in [0.4, 0.5) is 13.2 Å². The first-order valence-corrected chi connectivity index (χ1v) is 8.74. The lowest BCUT2D eigenvalue weighted by molar-refractivity contribution is -0.137. The Morgan fingerprint density at radius 3 is 2.72 bits per heavy atom. The van der Waals surface area contributed by atoms with Crippen molar-refractivity contribution in [1.29, 1.82) is 0 Å². The molecule has 3 rings (SSSR count). The van der Waals surface area contributed by atoms with Gasteiger partial charge in [0, 0.05) is 18.4 Å². The van der Waals surface area contributed by atoms with Crippen molar-refractivity contribution in [3.8, 4) is 11.8 Å². The van der Waals surface area contributed by atoms with Gasteiger partial charge in [-0.15, -0.1) is 0 Å². The van der Waals surface area contributed by atoms with Gasteiger partial charge in [-0.05, 0) is 30.3 Å². The predicted octanol–water partition coefficient (Wildman–Crippen LogP) is 3.04. The third-order valence-corrected chi connectivity index (χ3v) is 4.05. The second-order valence-corrected chi connectivity index (χ2v) is 6.19. The van der Waals surface area contributed by atoms with E-state index in [0.717, 1.165) is 12.1 Å². The van der Waals surface area contributed by atoms with Crippen LogP contribution in [0.5, 0.6) is 0 Å². The van der Waals surface area contributed by atoms with Crippen molar-refractivity contribution >= 4 is 16.8 Å². The minimum atomic E-state index is -4.43. The first kappa shape index (κ1) is 20.1. The van der Waals surface area contributed by atoms with E-state index >= 15 is 0 Å². The number of carbonyl (C=O) groups is 1. The van der Waals surface area contributed by atoms with Gasteiger partial charge in [-0.2, -0.15) is 13.2 Å². The summed E-state index contributed by atoms with van der Waals surface area (Å²) in [6.07, 6.45) is -4.09. The highest BCUT2D eigenvalue weighted by Gasteiger charge is 2.30. The van der Waals surface area contributed by atoms with Crippen LogP contribution in [0, 0.1) is 11.8 Å². The Balaban J connectivity index is 1.53. The van der Waals surface area contributed by atoms with Crippen LogP contribution < -0.4 is 10.9 Å². The number of halogens is 3. The summed E-state index contributed by atoms with van der Waals surface area (Å²) in [5, 5.41) is 3.04. The highest BCUT2D eigenvalue weighted by Crippen LogP contribution is 2.29. The summed E-state index contributed by atoms with van der Waals surface area (Å²) in [6, 6.07) is 11.6. The third-order valence-electron chi connectivity index (χ3n) is 4.05. The van der Waals surface area contributed by atoms with Crippen LogP contribution in [0.2, 0.25) is 0 Å². The molecule has 0 aliphatic rings. The van der Waals surface area contributed by atoms with Crippen LogP contribution in [0.25, 0.3) is 10.9 Å². The Hall–Kier alpha value is -3.60. The molecule has 0 fully saturated rings. The number of aryl methyl sites for hydroxylation is 1. The van der Waals surface area contributed by atoms with Crippen LogP contribution in [-0.4, -0.2) is 22.4 Å². The highest BCUT2D eigenvalue weighted by atomic mass is 19.4. The maximum absolute atomic E-state index is 12.7. The second-order valence-electron chi connectivity index (χ2n) is 6.19. The molecule has 5 nitrogen and oxygen atoms in total. The van der Waals surface area contributed by atoms with E-state index in [1.807, 2.05) is 0 Å². The zero-order valence-corrected chi connectivity index (χ0v) is 15.1. The zero-order chi connectivity index (χ0) is 20.9. The quantitative estimate of drug-likeness (QED) is 0.663. The predicted molar refractivity (Wildman–Crippen MR) is 102 cm³/mol. The van der Waals surface area contributed by atoms with Gasteiger partial charge in [0.15, 0.2) is 0 Å². The molecule has 29 heavy (non-hydrogen) atoms. The molecule has 2 aromatic carbocycles. The Morgan fingerprint density at radius 2 is 1.93 bits per heavy atom. The Morgan fingerprint density at radius 1 is 1.14 bits per heavy atom. The molecule has 2 N–H and O–H groups in total. The molecular formula is C21H16F3N3O2. The molecule has 0 atom stereocenters. The molecule has 1 aromatic heterocycles. The molecule has 0 unspecified atom stereocenters. The van der Waals surface area contributed by atoms with E-state index in [4.69, 9.17) is 0 Å². The standard InChI is InChI=1S/C21H16F3N3O2/c22-21(23,24)15-7-3-5-14(13-15)6-4-12-25-19(28)11-10-18-26-17-9-2-1-8-16(17)20(29)27-18/h1-3,5,7-9,13H,10-12H2,(H,25,28)(H,26,27,29). The summed E-state index contributed by atoms with van der Waals surface area (Å²) < 4.78 is 38.0. The monoisotopic (exact) mass is 399 g/mol. The number of para-hydroxylation sites is 1. The molecule has 0 saturated heterocycles. The first-order chi connectivity index (χ1) is 13.8. The van der Waals surface area contributed by atoms with Crippen molar-refractivity contribution in [1.82, 2.24) is 15.3 Å². The van der Waals surface area contributed by atoms with E-state index < -0.39 is 11.7 Å². The number of fused-ring (bicyclic) bond motifs is 1. The number of carbonyl (C=O) groups excluding carboxylic acids is 1. The topological polar surface area (TPSA) is 74.8 Å². The SMILES string of the molecule is O=C(CCc1nc2ccccc2c(=O)[nH]1)NCC#Cc1cccc(C(F)(F)F)c1. The number of hydrogen-bond acceptors (Lipinski definition) is 3. The van der Waals surface area contributed by atoms with Gasteiger partial charge in [-0.1, -0.05) is 30.0 Å². The Labute approximate surface area is 164 Å². The summed E-state index contributed by atoms with van der Waals surface area (Å²) in [5.41, 5.74) is -0.270. The number of hydrogen-bond donors (Lipinski definition) is 2. The summed E-state index contributed by atoms with van der Waals surface area (Å²) in [6.45, 7) is -0.00323. The average Bonchev–Trinajstić information content (AvgIpc) is 2.69. The Kier molecular flexibility index (Phi) is 5.98. The van der Waals surface area contributed by atoms with Crippen molar-refractivity contribution in [3.63, 3.8) is 0 Å². The van der Waals surface area contributed by atoms with Gasteiger partial charge in [-0.3, -0.25) is 9.59 Å². The smallest absolute Gasteiger partial charge is 0.345 e. The van der Waals surface area contributed by atoms with Gasteiger partial charge >= 0.3 is 6.18 Å².